The van der Waals surface area contributed by atoms with Gasteiger partial charge < -0.3 is 9.84 Å². The molecule has 0 aliphatic carbocycles. The van der Waals surface area contributed by atoms with Crippen molar-refractivity contribution in [3.05, 3.63) is 29.8 Å². The van der Waals surface area contributed by atoms with Crippen molar-refractivity contribution in [1.29, 1.82) is 0 Å². The summed E-state index contributed by atoms with van der Waals surface area (Å²) >= 11 is 0. The highest BCUT2D eigenvalue weighted by atomic mass is 19.3. The standard InChI is InChI=1S/C11H14F2O2/c1-3-11(14,10(12)13)8-4-6-9(15-2)7-5-8/h4-7,10,14H,3H2,1-2H3. The molecule has 0 radical (unpaired) electrons. The van der Waals surface area contributed by atoms with Gasteiger partial charge in [-0.2, -0.15) is 0 Å². The van der Waals surface area contributed by atoms with Crippen LogP contribution in [0.5, 0.6) is 5.75 Å². The van der Waals surface area contributed by atoms with Gasteiger partial charge in [-0.05, 0) is 24.1 Å². The monoisotopic (exact) mass is 216 g/mol. The van der Waals surface area contributed by atoms with Gasteiger partial charge in [0, 0.05) is 0 Å². The van der Waals surface area contributed by atoms with Gasteiger partial charge >= 0.3 is 0 Å². The largest absolute Gasteiger partial charge is 0.497 e. The van der Waals surface area contributed by atoms with Crippen LogP contribution in [0.2, 0.25) is 0 Å². The van der Waals surface area contributed by atoms with Crippen molar-refractivity contribution in [1.82, 2.24) is 0 Å². The Morgan fingerprint density at radius 2 is 1.87 bits per heavy atom. The van der Waals surface area contributed by atoms with E-state index in [1.54, 1.807) is 12.1 Å². The molecule has 0 saturated heterocycles. The molecule has 84 valence electrons. The molecule has 0 fully saturated rings. The van der Waals surface area contributed by atoms with Crippen LogP contribution in [-0.4, -0.2) is 18.6 Å². The summed E-state index contributed by atoms with van der Waals surface area (Å²) in [5.41, 5.74) is -1.85. The molecule has 0 saturated carbocycles. The minimum absolute atomic E-state index is 0.0308. The maximum Gasteiger partial charge on any atom is 0.270 e. The first-order valence-electron chi connectivity index (χ1n) is 4.69. The van der Waals surface area contributed by atoms with E-state index in [-0.39, 0.29) is 12.0 Å². The Balaban J connectivity index is 3.03. The third-order valence-electron chi connectivity index (χ3n) is 2.49. The summed E-state index contributed by atoms with van der Waals surface area (Å²) in [5, 5.41) is 9.74. The molecule has 1 aromatic carbocycles. The second-order valence-electron chi connectivity index (χ2n) is 3.31. The summed E-state index contributed by atoms with van der Waals surface area (Å²) in [6, 6.07) is 6.01. The minimum atomic E-state index is -2.80. The van der Waals surface area contributed by atoms with Crippen LogP contribution < -0.4 is 4.74 Å². The molecule has 1 unspecified atom stereocenters. The lowest BCUT2D eigenvalue weighted by Gasteiger charge is -2.26. The molecule has 2 nitrogen and oxygen atoms in total. The zero-order chi connectivity index (χ0) is 11.5. The summed E-state index contributed by atoms with van der Waals surface area (Å²) in [6.45, 7) is 1.52. The Bertz CT molecular complexity index is 311. The lowest BCUT2D eigenvalue weighted by molar-refractivity contribution is -0.104. The molecule has 0 aromatic heterocycles. The van der Waals surface area contributed by atoms with Crippen LogP contribution in [0.3, 0.4) is 0 Å². The fraction of sp³-hybridized carbons (Fsp3) is 0.455. The molecule has 15 heavy (non-hydrogen) atoms. The molecular formula is C11H14F2O2. The summed E-state index contributed by atoms with van der Waals surface area (Å²) in [6.07, 6.45) is -2.83. The van der Waals surface area contributed by atoms with Gasteiger partial charge in [-0.3, -0.25) is 0 Å². The quantitative estimate of drug-likeness (QED) is 0.838. The van der Waals surface area contributed by atoms with E-state index in [0.717, 1.165) is 0 Å². The fourth-order valence-electron chi connectivity index (χ4n) is 1.36. The maximum atomic E-state index is 12.7. The van der Waals surface area contributed by atoms with Crippen molar-refractivity contribution >= 4 is 0 Å². The third-order valence-corrected chi connectivity index (χ3v) is 2.49. The van der Waals surface area contributed by atoms with Gasteiger partial charge in [0.2, 0.25) is 0 Å². The van der Waals surface area contributed by atoms with Crippen LogP contribution in [-0.2, 0) is 5.60 Å². The maximum absolute atomic E-state index is 12.7. The highest BCUT2D eigenvalue weighted by molar-refractivity contribution is 5.31. The molecule has 0 aliphatic rings. The number of hydrogen-bond donors (Lipinski definition) is 1. The first kappa shape index (κ1) is 11.9. The number of benzene rings is 1. The number of rotatable bonds is 4. The van der Waals surface area contributed by atoms with E-state index in [9.17, 15) is 13.9 Å². The number of hydrogen-bond acceptors (Lipinski definition) is 2. The number of alkyl halides is 2. The van der Waals surface area contributed by atoms with Crippen LogP contribution >= 0.6 is 0 Å². The van der Waals surface area contributed by atoms with E-state index in [1.165, 1.54) is 26.2 Å². The zero-order valence-electron chi connectivity index (χ0n) is 8.71. The molecule has 0 heterocycles. The van der Waals surface area contributed by atoms with Crippen molar-refractivity contribution in [3.8, 4) is 5.75 Å². The lowest BCUT2D eigenvalue weighted by atomic mass is 9.91. The SMILES string of the molecule is CCC(O)(c1ccc(OC)cc1)C(F)F. The van der Waals surface area contributed by atoms with Gasteiger partial charge in [0.1, 0.15) is 11.4 Å². The Morgan fingerprint density at radius 1 is 1.33 bits per heavy atom. The third kappa shape index (κ3) is 2.26. The van der Waals surface area contributed by atoms with Crippen LogP contribution in [0.25, 0.3) is 0 Å². The topological polar surface area (TPSA) is 29.5 Å². The molecule has 4 heteroatoms. The van der Waals surface area contributed by atoms with Crippen LogP contribution in [0.4, 0.5) is 8.78 Å². The molecular weight excluding hydrogens is 202 g/mol. The van der Waals surface area contributed by atoms with E-state index in [0.29, 0.717) is 5.75 Å². The average Bonchev–Trinajstić information content (AvgIpc) is 2.28. The molecule has 1 N–H and O–H groups in total. The van der Waals surface area contributed by atoms with Gasteiger partial charge in [-0.25, -0.2) is 8.78 Å². The Kier molecular flexibility index (Phi) is 3.63. The molecule has 0 amide bonds. The predicted octanol–water partition coefficient (Wildman–Crippen LogP) is 2.56. The molecule has 1 rings (SSSR count). The number of ether oxygens (including phenoxy) is 1. The van der Waals surface area contributed by atoms with E-state index >= 15 is 0 Å². The van der Waals surface area contributed by atoms with Gasteiger partial charge in [0.15, 0.2) is 0 Å². The van der Waals surface area contributed by atoms with E-state index in [1.807, 2.05) is 0 Å². The first-order valence-corrected chi connectivity index (χ1v) is 4.69. The second-order valence-corrected chi connectivity index (χ2v) is 3.31. The van der Waals surface area contributed by atoms with Crippen molar-refractivity contribution in [2.24, 2.45) is 0 Å². The number of aliphatic hydroxyl groups is 1. The van der Waals surface area contributed by atoms with Crippen molar-refractivity contribution in [3.63, 3.8) is 0 Å². The molecule has 1 atom stereocenters. The highest BCUT2D eigenvalue weighted by Crippen LogP contribution is 2.32. The predicted molar refractivity (Wildman–Crippen MR) is 53.2 cm³/mol. The smallest absolute Gasteiger partial charge is 0.270 e. The fourth-order valence-corrected chi connectivity index (χ4v) is 1.36. The Hall–Kier alpha value is -1.16. The highest BCUT2D eigenvalue weighted by Gasteiger charge is 2.37. The molecule has 0 bridgehead atoms. The van der Waals surface area contributed by atoms with Crippen molar-refractivity contribution < 1.29 is 18.6 Å². The van der Waals surface area contributed by atoms with E-state index in [4.69, 9.17) is 4.74 Å². The van der Waals surface area contributed by atoms with Crippen molar-refractivity contribution in [2.75, 3.05) is 7.11 Å². The van der Waals surface area contributed by atoms with E-state index < -0.39 is 12.0 Å². The van der Waals surface area contributed by atoms with E-state index in [2.05, 4.69) is 0 Å². The van der Waals surface area contributed by atoms with Crippen LogP contribution in [0.1, 0.15) is 18.9 Å². The first-order chi connectivity index (χ1) is 7.04. The lowest BCUT2D eigenvalue weighted by Crippen LogP contribution is -2.33. The zero-order valence-corrected chi connectivity index (χ0v) is 8.71. The van der Waals surface area contributed by atoms with Gasteiger partial charge in [0.25, 0.3) is 6.43 Å². The molecule has 0 aliphatic heterocycles. The van der Waals surface area contributed by atoms with Crippen molar-refractivity contribution in [2.45, 2.75) is 25.4 Å². The average molecular weight is 216 g/mol. The second kappa shape index (κ2) is 4.57. The van der Waals surface area contributed by atoms with Gasteiger partial charge in [-0.1, -0.05) is 19.1 Å². The van der Waals surface area contributed by atoms with Gasteiger partial charge in [-0.15, -0.1) is 0 Å². The molecule has 0 spiro atoms. The Labute approximate surface area is 87.5 Å². The summed E-state index contributed by atoms with van der Waals surface area (Å²) in [5.74, 6) is 0.575. The summed E-state index contributed by atoms with van der Waals surface area (Å²) < 4.78 is 30.2. The number of methoxy groups -OCH3 is 1. The minimum Gasteiger partial charge on any atom is -0.497 e. The Morgan fingerprint density at radius 3 is 2.20 bits per heavy atom. The summed E-state index contributed by atoms with van der Waals surface area (Å²) in [4.78, 5) is 0. The van der Waals surface area contributed by atoms with Crippen LogP contribution in [0.15, 0.2) is 24.3 Å². The molecule has 1 aromatic rings. The normalized spacial score (nSPS) is 15.1. The summed E-state index contributed by atoms with van der Waals surface area (Å²) in [7, 11) is 1.49. The number of halogens is 2. The van der Waals surface area contributed by atoms with Gasteiger partial charge in [0.05, 0.1) is 7.11 Å². The van der Waals surface area contributed by atoms with Crippen LogP contribution in [0, 0.1) is 0 Å².